The molecule has 0 amide bonds. The number of phenolic OH excluding ortho intramolecular Hbond substituents is 2. The molecule has 0 bridgehead atoms. The standard InChI is InChI=1S/C9H11NO4.C5H8O.C2H6/c10-6(9(13)14)3-5-1-2-7(11)8(12)4-5;1-2-3-4-5-6;1-2/h1-2,4,6,11-12H,3,10H2,(H,13,14);2,5H,1,3-4H2;1-2H3. The number of carboxylic acid groups (broad SMARTS) is 1. The molecule has 0 aliphatic carbocycles. The molecule has 0 saturated heterocycles. The molecule has 0 fully saturated rings. The molecule has 124 valence electrons. The Hall–Kier alpha value is -2.34. The van der Waals surface area contributed by atoms with E-state index < -0.39 is 12.0 Å². The van der Waals surface area contributed by atoms with Crippen molar-refractivity contribution in [3.05, 3.63) is 36.4 Å². The molecule has 0 aliphatic heterocycles. The number of benzene rings is 1. The summed E-state index contributed by atoms with van der Waals surface area (Å²) in [6.45, 7) is 7.44. The van der Waals surface area contributed by atoms with E-state index in [1.165, 1.54) is 18.2 Å². The summed E-state index contributed by atoms with van der Waals surface area (Å²) in [7, 11) is 0. The smallest absolute Gasteiger partial charge is 0.320 e. The lowest BCUT2D eigenvalue weighted by molar-refractivity contribution is -0.138. The van der Waals surface area contributed by atoms with Crippen molar-refractivity contribution < 1.29 is 24.9 Å². The molecule has 0 aliphatic rings. The third kappa shape index (κ3) is 10.4. The lowest BCUT2D eigenvalue weighted by Gasteiger charge is -2.06. The van der Waals surface area contributed by atoms with Crippen LogP contribution in [0.4, 0.5) is 0 Å². The van der Waals surface area contributed by atoms with Crippen LogP contribution >= 0.6 is 0 Å². The van der Waals surface area contributed by atoms with E-state index in [-0.39, 0.29) is 17.9 Å². The first-order chi connectivity index (χ1) is 10.4. The van der Waals surface area contributed by atoms with Gasteiger partial charge >= 0.3 is 5.97 Å². The highest BCUT2D eigenvalue weighted by atomic mass is 16.4. The predicted molar refractivity (Wildman–Crippen MR) is 85.9 cm³/mol. The van der Waals surface area contributed by atoms with E-state index in [4.69, 9.17) is 21.1 Å². The molecule has 6 nitrogen and oxygen atoms in total. The van der Waals surface area contributed by atoms with E-state index in [1.54, 1.807) is 6.08 Å². The molecule has 0 aromatic heterocycles. The zero-order valence-corrected chi connectivity index (χ0v) is 13.0. The van der Waals surface area contributed by atoms with Crippen LogP contribution in [0.3, 0.4) is 0 Å². The van der Waals surface area contributed by atoms with Crippen LogP contribution in [0, 0.1) is 0 Å². The fourth-order valence-electron chi connectivity index (χ4n) is 1.22. The van der Waals surface area contributed by atoms with Crippen LogP contribution in [-0.4, -0.2) is 33.6 Å². The van der Waals surface area contributed by atoms with Crippen LogP contribution in [0.1, 0.15) is 32.3 Å². The second kappa shape index (κ2) is 13.6. The minimum Gasteiger partial charge on any atom is -0.504 e. The summed E-state index contributed by atoms with van der Waals surface area (Å²) >= 11 is 0. The second-order valence-corrected chi connectivity index (χ2v) is 4.00. The summed E-state index contributed by atoms with van der Waals surface area (Å²) in [5, 5.41) is 26.6. The van der Waals surface area contributed by atoms with Gasteiger partial charge in [-0.05, 0) is 30.5 Å². The van der Waals surface area contributed by atoms with Crippen LogP contribution in [-0.2, 0) is 16.0 Å². The Balaban J connectivity index is 0. The van der Waals surface area contributed by atoms with Crippen LogP contribution < -0.4 is 5.73 Å². The molecule has 22 heavy (non-hydrogen) atoms. The second-order valence-electron chi connectivity index (χ2n) is 4.00. The summed E-state index contributed by atoms with van der Waals surface area (Å²) in [5.74, 6) is -1.62. The normalized spacial score (nSPS) is 10.1. The lowest BCUT2D eigenvalue weighted by atomic mass is 10.1. The zero-order valence-electron chi connectivity index (χ0n) is 13.0. The molecule has 0 heterocycles. The average Bonchev–Trinajstić information content (AvgIpc) is 2.51. The van der Waals surface area contributed by atoms with Gasteiger partial charge in [-0.3, -0.25) is 4.79 Å². The van der Waals surface area contributed by atoms with Crippen LogP contribution in [0.5, 0.6) is 11.5 Å². The van der Waals surface area contributed by atoms with Gasteiger partial charge in [0.05, 0.1) is 0 Å². The van der Waals surface area contributed by atoms with Crippen molar-refractivity contribution in [2.75, 3.05) is 0 Å². The number of rotatable bonds is 6. The topological polar surface area (TPSA) is 121 Å². The van der Waals surface area contributed by atoms with Crippen molar-refractivity contribution in [3.63, 3.8) is 0 Å². The first kappa shape index (κ1) is 21.9. The number of aromatic hydroxyl groups is 2. The van der Waals surface area contributed by atoms with E-state index >= 15 is 0 Å². The molecule has 1 rings (SSSR count). The van der Waals surface area contributed by atoms with Gasteiger partial charge in [-0.25, -0.2) is 0 Å². The SMILES string of the molecule is C=CCCC=O.CC.NC(Cc1ccc(O)c(O)c1)C(=O)O. The zero-order chi connectivity index (χ0) is 17.5. The van der Waals surface area contributed by atoms with Gasteiger partial charge in [-0.1, -0.05) is 26.0 Å². The quantitative estimate of drug-likeness (QED) is 0.277. The monoisotopic (exact) mass is 311 g/mol. The number of nitrogens with two attached hydrogens (primary N) is 1. The van der Waals surface area contributed by atoms with Gasteiger partial charge in [0.2, 0.25) is 0 Å². The van der Waals surface area contributed by atoms with E-state index in [2.05, 4.69) is 6.58 Å². The molecule has 1 aromatic rings. The van der Waals surface area contributed by atoms with Gasteiger partial charge < -0.3 is 25.8 Å². The van der Waals surface area contributed by atoms with Gasteiger partial charge in [-0.2, -0.15) is 0 Å². The third-order valence-corrected chi connectivity index (χ3v) is 2.30. The van der Waals surface area contributed by atoms with Crippen LogP contribution in [0.2, 0.25) is 0 Å². The lowest BCUT2D eigenvalue weighted by Crippen LogP contribution is -2.32. The number of carboxylic acids is 1. The molecule has 1 aromatic carbocycles. The highest BCUT2D eigenvalue weighted by Crippen LogP contribution is 2.25. The number of carbonyl (C=O) groups excluding carboxylic acids is 1. The maximum absolute atomic E-state index is 10.4. The van der Waals surface area contributed by atoms with Crippen molar-refractivity contribution in [3.8, 4) is 11.5 Å². The maximum Gasteiger partial charge on any atom is 0.320 e. The van der Waals surface area contributed by atoms with E-state index in [0.29, 0.717) is 12.0 Å². The summed E-state index contributed by atoms with van der Waals surface area (Å²) < 4.78 is 0. The molecular weight excluding hydrogens is 286 g/mol. The van der Waals surface area contributed by atoms with Crippen LogP contribution in [0.15, 0.2) is 30.9 Å². The Morgan fingerprint density at radius 1 is 1.27 bits per heavy atom. The highest BCUT2D eigenvalue weighted by Gasteiger charge is 2.12. The number of hydrogen-bond donors (Lipinski definition) is 4. The van der Waals surface area contributed by atoms with Crippen molar-refractivity contribution in [1.29, 1.82) is 0 Å². The maximum atomic E-state index is 10.4. The van der Waals surface area contributed by atoms with E-state index in [1.807, 2.05) is 13.8 Å². The summed E-state index contributed by atoms with van der Waals surface area (Å²) in [4.78, 5) is 19.9. The average molecular weight is 311 g/mol. The van der Waals surface area contributed by atoms with Gasteiger partial charge in [0.1, 0.15) is 12.3 Å². The Kier molecular flexibility index (Phi) is 13.6. The molecular formula is C16H25NO5. The number of carbonyl (C=O) groups is 2. The molecule has 0 spiro atoms. The van der Waals surface area contributed by atoms with Gasteiger partial charge in [0, 0.05) is 6.42 Å². The molecule has 1 unspecified atom stereocenters. The van der Waals surface area contributed by atoms with E-state index in [0.717, 1.165) is 12.7 Å². The Morgan fingerprint density at radius 3 is 2.23 bits per heavy atom. The Labute approximate surface area is 130 Å². The highest BCUT2D eigenvalue weighted by molar-refractivity contribution is 5.73. The summed E-state index contributed by atoms with van der Waals surface area (Å²) in [5.41, 5.74) is 5.86. The first-order valence-corrected chi connectivity index (χ1v) is 6.96. The number of aldehydes is 1. The minimum atomic E-state index is -1.10. The number of aliphatic carboxylic acids is 1. The molecule has 1 atom stereocenters. The fraction of sp³-hybridized carbons (Fsp3) is 0.375. The summed E-state index contributed by atoms with van der Waals surface area (Å²) in [6, 6.07) is 3.09. The summed E-state index contributed by atoms with van der Waals surface area (Å²) in [6.07, 6.45) is 4.16. The molecule has 0 saturated carbocycles. The molecule has 6 heteroatoms. The predicted octanol–water partition coefficient (Wildman–Crippen LogP) is 2.23. The van der Waals surface area contributed by atoms with Crippen molar-refractivity contribution >= 4 is 12.3 Å². The van der Waals surface area contributed by atoms with Crippen molar-refractivity contribution in [2.24, 2.45) is 5.73 Å². The first-order valence-electron chi connectivity index (χ1n) is 6.96. The number of phenols is 2. The molecule has 5 N–H and O–H groups in total. The Morgan fingerprint density at radius 2 is 1.86 bits per heavy atom. The number of allylic oxidation sites excluding steroid dienone is 1. The Bertz CT molecular complexity index is 452. The fourth-order valence-corrected chi connectivity index (χ4v) is 1.22. The number of hydrogen-bond acceptors (Lipinski definition) is 5. The van der Waals surface area contributed by atoms with Crippen LogP contribution in [0.25, 0.3) is 0 Å². The van der Waals surface area contributed by atoms with Gasteiger partial charge in [0.25, 0.3) is 0 Å². The van der Waals surface area contributed by atoms with Gasteiger partial charge in [-0.15, -0.1) is 6.58 Å². The third-order valence-electron chi connectivity index (χ3n) is 2.30. The minimum absolute atomic E-state index is 0.114. The molecule has 0 radical (unpaired) electrons. The van der Waals surface area contributed by atoms with Crippen molar-refractivity contribution in [1.82, 2.24) is 0 Å². The largest absolute Gasteiger partial charge is 0.504 e. The number of unbranched alkanes of at least 4 members (excludes halogenated alkanes) is 1. The van der Waals surface area contributed by atoms with Crippen molar-refractivity contribution in [2.45, 2.75) is 39.2 Å². The van der Waals surface area contributed by atoms with Gasteiger partial charge in [0.15, 0.2) is 11.5 Å². The van der Waals surface area contributed by atoms with E-state index in [9.17, 15) is 9.59 Å².